The van der Waals surface area contributed by atoms with E-state index in [0.29, 0.717) is 0 Å². The van der Waals surface area contributed by atoms with E-state index in [1.54, 1.807) is 0 Å². The van der Waals surface area contributed by atoms with E-state index < -0.39 is 15.2 Å². The average molecular weight is 437 g/mol. The Balaban J connectivity index is 2.23. The molecule has 0 aliphatic rings. The molecule has 0 amide bonds. The van der Waals surface area contributed by atoms with Crippen LogP contribution < -0.4 is 20.7 Å². The molecule has 0 aromatic heterocycles. The molecule has 0 radical (unpaired) electrons. The van der Waals surface area contributed by atoms with Crippen LogP contribution in [0.25, 0.3) is 0 Å². The zero-order valence-corrected chi connectivity index (χ0v) is 21.0. The Hall–Kier alpha value is -2.69. The van der Waals surface area contributed by atoms with Gasteiger partial charge in [0.1, 0.15) is 15.2 Å². The molecule has 0 aliphatic heterocycles. The van der Waals surface area contributed by atoms with E-state index in [2.05, 4.69) is 149 Å². The lowest BCUT2D eigenvalue weighted by molar-refractivity contribution is 0.742. The minimum atomic E-state index is -2.35. The molecule has 0 bridgehead atoms. The monoisotopic (exact) mass is 436 g/mol. The second-order valence-electron chi connectivity index (χ2n) is 9.59. The third-order valence-electron chi connectivity index (χ3n) is 6.99. The largest absolute Gasteiger partial charge is 0.126 e. The van der Waals surface area contributed by atoms with Crippen LogP contribution in [0.3, 0.4) is 0 Å². The highest BCUT2D eigenvalue weighted by Crippen LogP contribution is 2.41. The van der Waals surface area contributed by atoms with Crippen LogP contribution in [0.15, 0.2) is 121 Å². The zero-order valence-electron chi connectivity index (χ0n) is 19.0. The smallest absolute Gasteiger partial charge is 0.0628 e. The van der Waals surface area contributed by atoms with Gasteiger partial charge in [-0.1, -0.05) is 169 Å². The lowest BCUT2D eigenvalue weighted by Crippen LogP contribution is -2.87. The number of rotatable bonds is 5. The summed E-state index contributed by atoms with van der Waals surface area (Å²) in [6, 6.07) is 45.6. The molecule has 0 N–H and O–H groups in total. The molecule has 0 saturated carbocycles. The summed E-state index contributed by atoms with van der Waals surface area (Å²) in [7, 11) is -4.61. The Labute approximate surface area is 189 Å². The van der Waals surface area contributed by atoms with E-state index in [9.17, 15) is 0 Å². The third kappa shape index (κ3) is 3.44. The van der Waals surface area contributed by atoms with Gasteiger partial charge in [0, 0.05) is 0 Å². The summed E-state index contributed by atoms with van der Waals surface area (Å²) in [6.45, 7) is 10.1. The maximum atomic E-state index is 2.63. The Morgan fingerprint density at radius 2 is 0.677 bits per heavy atom. The van der Waals surface area contributed by atoms with E-state index in [0.717, 1.165) is 0 Å². The quantitative estimate of drug-likeness (QED) is 0.385. The van der Waals surface area contributed by atoms with E-state index >= 15 is 0 Å². The van der Waals surface area contributed by atoms with Gasteiger partial charge in [0.2, 0.25) is 0 Å². The summed E-state index contributed by atoms with van der Waals surface area (Å²) in [6.07, 6.45) is 0. The molecule has 2 heteroatoms. The number of benzene rings is 4. The average Bonchev–Trinajstić information content (AvgIpc) is 2.81. The van der Waals surface area contributed by atoms with Crippen LogP contribution in [0.4, 0.5) is 0 Å². The predicted octanol–water partition coefficient (Wildman–Crippen LogP) is 5.02. The van der Waals surface area contributed by atoms with Crippen molar-refractivity contribution in [3.63, 3.8) is 0 Å². The van der Waals surface area contributed by atoms with Gasteiger partial charge in [-0.15, -0.1) is 0 Å². The molecule has 0 aliphatic carbocycles. The molecule has 0 atom stereocenters. The van der Waals surface area contributed by atoms with Crippen molar-refractivity contribution < 1.29 is 0 Å². The summed E-state index contributed by atoms with van der Waals surface area (Å²) < 4.78 is 0. The van der Waals surface area contributed by atoms with Crippen LogP contribution in [-0.4, -0.2) is 15.2 Å². The van der Waals surface area contributed by atoms with Crippen LogP contribution in [0.5, 0.6) is 0 Å². The lowest BCUT2D eigenvalue weighted by Gasteiger charge is -2.55. The zero-order chi connectivity index (χ0) is 22.0. The molecule has 0 nitrogen and oxygen atoms in total. The second-order valence-corrected chi connectivity index (χ2v) is 22.4. The first-order valence-electron chi connectivity index (χ1n) is 11.1. The molecule has 0 heterocycles. The topological polar surface area (TPSA) is 0 Å². The highest BCUT2D eigenvalue weighted by Gasteiger charge is 2.62. The maximum Gasteiger partial charge on any atom is 0.126 e. The van der Waals surface area contributed by atoms with Gasteiger partial charge < -0.3 is 0 Å². The van der Waals surface area contributed by atoms with Crippen molar-refractivity contribution in [1.29, 1.82) is 0 Å². The minimum absolute atomic E-state index is 0.113. The van der Waals surface area contributed by atoms with E-state index in [4.69, 9.17) is 0 Å². The van der Waals surface area contributed by atoms with Gasteiger partial charge in [-0.05, 0) is 5.04 Å². The molecule has 0 saturated heterocycles. The van der Waals surface area contributed by atoms with Crippen molar-refractivity contribution >= 4 is 35.9 Å². The summed E-state index contributed by atoms with van der Waals surface area (Å²) in [5, 5.41) is 6.24. The van der Waals surface area contributed by atoms with E-state index in [1.807, 2.05) is 0 Å². The van der Waals surface area contributed by atoms with E-state index in [-0.39, 0.29) is 5.04 Å². The summed E-state index contributed by atoms with van der Waals surface area (Å²) in [4.78, 5) is 0. The van der Waals surface area contributed by atoms with Gasteiger partial charge in [-0.2, -0.15) is 0 Å². The molecular weight excluding hydrogens is 404 g/mol. The number of hydrogen-bond donors (Lipinski definition) is 0. The van der Waals surface area contributed by atoms with Crippen LogP contribution >= 0.6 is 0 Å². The Morgan fingerprint density at radius 1 is 0.419 bits per heavy atom. The van der Waals surface area contributed by atoms with Crippen molar-refractivity contribution in [3.8, 4) is 0 Å². The van der Waals surface area contributed by atoms with E-state index in [1.165, 1.54) is 20.7 Å². The number of hydrogen-bond acceptors (Lipinski definition) is 0. The molecule has 0 unspecified atom stereocenters. The molecule has 4 aromatic carbocycles. The molecule has 156 valence electrons. The van der Waals surface area contributed by atoms with Crippen molar-refractivity contribution in [2.45, 2.75) is 32.4 Å². The van der Waals surface area contributed by atoms with Gasteiger partial charge in [0.15, 0.2) is 0 Å². The summed E-state index contributed by atoms with van der Waals surface area (Å²) in [5.74, 6) is 0. The van der Waals surface area contributed by atoms with Crippen LogP contribution in [0.2, 0.25) is 11.6 Å². The first-order valence-corrected chi connectivity index (χ1v) is 16.6. The van der Waals surface area contributed by atoms with Crippen LogP contribution in [-0.2, 0) is 0 Å². The minimum Gasteiger partial charge on any atom is -0.0628 e. The van der Waals surface area contributed by atoms with Crippen molar-refractivity contribution in [1.82, 2.24) is 0 Å². The predicted molar refractivity (Wildman–Crippen MR) is 141 cm³/mol. The van der Waals surface area contributed by atoms with Crippen molar-refractivity contribution in [2.75, 3.05) is 0 Å². The SMILES string of the molecule is CC(C)(C)[Si](c1ccccc1)(c1ccccc1)[Si](C)(c1ccccc1)c1ccccc1. The fourth-order valence-corrected chi connectivity index (χ4v) is 27.5. The maximum absolute atomic E-state index is 2.63. The van der Waals surface area contributed by atoms with Crippen molar-refractivity contribution in [3.05, 3.63) is 121 Å². The van der Waals surface area contributed by atoms with Gasteiger partial charge in [-0.3, -0.25) is 0 Å². The molecule has 4 rings (SSSR count). The summed E-state index contributed by atoms with van der Waals surface area (Å²) in [5.41, 5.74) is 0. The molecular formula is C29H32Si2. The van der Waals surface area contributed by atoms with Gasteiger partial charge in [0.25, 0.3) is 0 Å². The fraction of sp³-hybridized carbons (Fsp3) is 0.172. The Kier molecular flexibility index (Phi) is 5.87. The van der Waals surface area contributed by atoms with Gasteiger partial charge in [0.05, 0.1) is 0 Å². The third-order valence-corrected chi connectivity index (χ3v) is 26.3. The van der Waals surface area contributed by atoms with Crippen molar-refractivity contribution in [2.24, 2.45) is 0 Å². The first-order chi connectivity index (χ1) is 14.9. The highest BCUT2D eigenvalue weighted by molar-refractivity contribution is 7.60. The Morgan fingerprint density at radius 3 is 0.935 bits per heavy atom. The highest BCUT2D eigenvalue weighted by atomic mass is 29.3. The Bertz CT molecular complexity index is 1020. The van der Waals surface area contributed by atoms with Gasteiger partial charge in [-0.25, -0.2) is 0 Å². The molecule has 31 heavy (non-hydrogen) atoms. The molecule has 0 fully saturated rings. The standard InChI is InChI=1S/C29H32Si2/c1-29(2,3)31(27-21-13-7-14-22-27,28-23-15-8-16-24-28)30(4,25-17-9-5-10-18-25)26-19-11-6-12-20-26/h5-24H,1-4H3. The van der Waals surface area contributed by atoms with Crippen LogP contribution in [0, 0.1) is 0 Å². The fourth-order valence-electron chi connectivity index (χ4n) is 5.88. The second kappa shape index (κ2) is 8.45. The van der Waals surface area contributed by atoms with Gasteiger partial charge >= 0.3 is 0 Å². The molecule has 4 aromatic rings. The first kappa shape index (κ1) is 21.5. The molecule has 0 spiro atoms. The summed E-state index contributed by atoms with van der Waals surface area (Å²) >= 11 is 0. The van der Waals surface area contributed by atoms with Crippen LogP contribution in [0.1, 0.15) is 20.8 Å². The normalized spacial score (nSPS) is 12.5. The lowest BCUT2D eigenvalue weighted by atomic mass is 10.2.